The quantitative estimate of drug-likeness (QED) is 0.900. The maximum absolute atomic E-state index is 12.9. The van der Waals surface area contributed by atoms with Gasteiger partial charge in [0, 0.05) is 18.0 Å². The second-order valence-electron chi connectivity index (χ2n) is 4.34. The molecule has 1 aromatic carbocycles. The van der Waals surface area contributed by atoms with Crippen molar-refractivity contribution in [2.45, 2.75) is 24.9 Å². The summed E-state index contributed by atoms with van der Waals surface area (Å²) in [6.07, 6.45) is -0.445. The van der Waals surface area contributed by atoms with E-state index in [1.54, 1.807) is 24.3 Å². The first-order chi connectivity index (χ1) is 8.46. The number of amides is 1. The molecule has 1 atom stereocenters. The molecule has 19 heavy (non-hydrogen) atoms. The zero-order chi connectivity index (χ0) is 13.2. The number of halogens is 4. The van der Waals surface area contributed by atoms with Crippen LogP contribution in [0, 0.1) is 0 Å². The predicted molar refractivity (Wildman–Crippen MR) is 71.9 cm³/mol. The summed E-state index contributed by atoms with van der Waals surface area (Å²) in [5.74, 6) is -3.19. The fraction of sp³-hybridized carbons (Fsp3) is 0.417. The highest BCUT2D eigenvalue weighted by molar-refractivity contribution is 6.30. The Kier molecular flexibility index (Phi) is 5.52. The van der Waals surface area contributed by atoms with Crippen LogP contribution in [0.4, 0.5) is 8.78 Å². The summed E-state index contributed by atoms with van der Waals surface area (Å²) in [5, 5.41) is 5.74. The Balaban J connectivity index is 0.00000180. The third kappa shape index (κ3) is 4.60. The Labute approximate surface area is 121 Å². The second-order valence-corrected chi connectivity index (χ2v) is 4.77. The molecule has 3 nitrogen and oxygen atoms in total. The lowest BCUT2D eigenvalue weighted by Gasteiger charge is -2.11. The summed E-state index contributed by atoms with van der Waals surface area (Å²) in [6, 6.07) is 6.17. The molecule has 1 aliphatic rings. The van der Waals surface area contributed by atoms with Gasteiger partial charge in [0.1, 0.15) is 0 Å². The van der Waals surface area contributed by atoms with Crippen LogP contribution >= 0.6 is 24.0 Å². The Morgan fingerprint density at radius 1 is 1.42 bits per heavy atom. The van der Waals surface area contributed by atoms with E-state index < -0.39 is 30.8 Å². The summed E-state index contributed by atoms with van der Waals surface area (Å²) in [6.45, 7) is -0.133. The fourth-order valence-electron chi connectivity index (χ4n) is 1.82. The molecule has 0 spiro atoms. The third-order valence-electron chi connectivity index (χ3n) is 2.81. The van der Waals surface area contributed by atoms with Gasteiger partial charge in [-0.05, 0) is 17.7 Å². The van der Waals surface area contributed by atoms with Crippen molar-refractivity contribution in [1.82, 2.24) is 10.6 Å². The van der Waals surface area contributed by atoms with Crippen molar-refractivity contribution in [2.75, 3.05) is 6.54 Å². The molecule has 1 heterocycles. The number of carbonyl (C=O) groups excluding carboxylic acids is 1. The lowest BCUT2D eigenvalue weighted by atomic mass is 10.1. The van der Waals surface area contributed by atoms with Crippen molar-refractivity contribution < 1.29 is 13.6 Å². The zero-order valence-electron chi connectivity index (χ0n) is 9.96. The second kappa shape index (κ2) is 6.50. The van der Waals surface area contributed by atoms with E-state index in [4.69, 9.17) is 11.6 Å². The first-order valence-corrected chi connectivity index (χ1v) is 5.97. The summed E-state index contributed by atoms with van der Waals surface area (Å²) >= 11 is 5.73. The summed E-state index contributed by atoms with van der Waals surface area (Å²) < 4.78 is 25.8. The molecule has 2 N–H and O–H groups in total. The average molecular weight is 311 g/mol. The van der Waals surface area contributed by atoms with Crippen LogP contribution in [-0.2, 0) is 11.3 Å². The molecule has 0 aromatic heterocycles. The fourth-order valence-corrected chi connectivity index (χ4v) is 1.94. The van der Waals surface area contributed by atoms with E-state index in [0.29, 0.717) is 11.6 Å². The Morgan fingerprint density at radius 2 is 2.05 bits per heavy atom. The summed E-state index contributed by atoms with van der Waals surface area (Å²) in [7, 11) is 0. The molecular weight excluding hydrogens is 297 g/mol. The van der Waals surface area contributed by atoms with Crippen molar-refractivity contribution in [1.29, 1.82) is 0 Å². The number of benzene rings is 1. The number of carbonyl (C=O) groups is 1. The monoisotopic (exact) mass is 310 g/mol. The maximum Gasteiger partial charge on any atom is 0.262 e. The first kappa shape index (κ1) is 16.1. The van der Waals surface area contributed by atoms with Crippen LogP contribution in [0.15, 0.2) is 24.3 Å². The van der Waals surface area contributed by atoms with E-state index in [1.165, 1.54) is 0 Å². The first-order valence-electron chi connectivity index (χ1n) is 5.60. The van der Waals surface area contributed by atoms with Gasteiger partial charge in [-0.1, -0.05) is 23.7 Å². The SMILES string of the molecule is Cl.O=C(NCc1ccc(Cl)cc1)C1CC(F)(F)CN1. The molecule has 1 unspecified atom stereocenters. The van der Waals surface area contributed by atoms with Gasteiger partial charge in [0.25, 0.3) is 5.92 Å². The average Bonchev–Trinajstić information content (AvgIpc) is 2.69. The molecule has 0 saturated carbocycles. The van der Waals surface area contributed by atoms with Crippen LogP contribution < -0.4 is 10.6 Å². The molecule has 106 valence electrons. The third-order valence-corrected chi connectivity index (χ3v) is 3.06. The molecule has 0 aliphatic carbocycles. The maximum atomic E-state index is 12.9. The standard InChI is InChI=1S/C12H13ClF2N2O.ClH/c13-9-3-1-8(2-4-9)6-16-11(18)10-5-12(14,15)7-17-10;/h1-4,10,17H,5-7H2,(H,16,18);1H. The Morgan fingerprint density at radius 3 is 2.58 bits per heavy atom. The summed E-state index contributed by atoms with van der Waals surface area (Å²) in [4.78, 5) is 11.6. The Hall–Kier alpha value is -0.910. The molecule has 0 radical (unpaired) electrons. The van der Waals surface area contributed by atoms with Crippen molar-refractivity contribution in [3.8, 4) is 0 Å². The minimum atomic E-state index is -2.79. The Bertz CT molecular complexity index is 440. The molecule has 1 aliphatic heterocycles. The number of alkyl halides is 2. The van der Waals surface area contributed by atoms with E-state index in [1.807, 2.05) is 0 Å². The van der Waals surface area contributed by atoms with Crippen molar-refractivity contribution in [3.63, 3.8) is 0 Å². The normalized spacial score (nSPS) is 20.7. The van der Waals surface area contributed by atoms with Crippen molar-refractivity contribution in [2.24, 2.45) is 0 Å². The van der Waals surface area contributed by atoms with Gasteiger partial charge in [-0.25, -0.2) is 8.78 Å². The van der Waals surface area contributed by atoms with Gasteiger partial charge in [0.2, 0.25) is 5.91 Å². The topological polar surface area (TPSA) is 41.1 Å². The molecule has 1 aromatic rings. The van der Waals surface area contributed by atoms with Gasteiger partial charge >= 0.3 is 0 Å². The van der Waals surface area contributed by atoms with Crippen LogP contribution in [0.3, 0.4) is 0 Å². The zero-order valence-corrected chi connectivity index (χ0v) is 11.5. The van der Waals surface area contributed by atoms with E-state index in [9.17, 15) is 13.6 Å². The molecule has 2 rings (SSSR count). The largest absolute Gasteiger partial charge is 0.351 e. The molecule has 7 heteroatoms. The lowest BCUT2D eigenvalue weighted by Crippen LogP contribution is -2.39. The van der Waals surface area contributed by atoms with Crippen LogP contribution in [0.5, 0.6) is 0 Å². The van der Waals surface area contributed by atoms with Gasteiger partial charge in [-0.15, -0.1) is 12.4 Å². The molecular formula is C12H14Cl2F2N2O. The molecule has 0 bridgehead atoms. The van der Waals surface area contributed by atoms with Gasteiger partial charge in [0.15, 0.2) is 0 Å². The number of hydrogen-bond acceptors (Lipinski definition) is 2. The van der Waals surface area contributed by atoms with Gasteiger partial charge < -0.3 is 5.32 Å². The molecule has 1 fully saturated rings. The highest BCUT2D eigenvalue weighted by atomic mass is 35.5. The van der Waals surface area contributed by atoms with E-state index in [2.05, 4.69) is 10.6 Å². The van der Waals surface area contributed by atoms with Gasteiger partial charge in [0.05, 0.1) is 12.6 Å². The molecule has 1 saturated heterocycles. The van der Waals surface area contributed by atoms with Crippen molar-refractivity contribution >= 4 is 29.9 Å². The lowest BCUT2D eigenvalue weighted by molar-refractivity contribution is -0.123. The predicted octanol–water partition coefficient (Wildman–Crippen LogP) is 2.38. The minimum absolute atomic E-state index is 0. The van der Waals surface area contributed by atoms with Crippen LogP contribution in [0.25, 0.3) is 0 Å². The minimum Gasteiger partial charge on any atom is -0.351 e. The molecule has 1 amide bonds. The van der Waals surface area contributed by atoms with E-state index >= 15 is 0 Å². The smallest absolute Gasteiger partial charge is 0.262 e. The number of nitrogens with one attached hydrogen (secondary N) is 2. The van der Waals surface area contributed by atoms with E-state index in [-0.39, 0.29) is 12.4 Å². The number of hydrogen-bond donors (Lipinski definition) is 2. The van der Waals surface area contributed by atoms with Crippen LogP contribution in [-0.4, -0.2) is 24.4 Å². The number of rotatable bonds is 3. The van der Waals surface area contributed by atoms with Crippen molar-refractivity contribution in [3.05, 3.63) is 34.9 Å². The van der Waals surface area contributed by atoms with Crippen LogP contribution in [0.2, 0.25) is 5.02 Å². The summed E-state index contributed by atoms with van der Waals surface area (Å²) in [5.41, 5.74) is 0.873. The van der Waals surface area contributed by atoms with E-state index in [0.717, 1.165) is 5.56 Å². The highest BCUT2D eigenvalue weighted by Gasteiger charge is 2.42. The highest BCUT2D eigenvalue weighted by Crippen LogP contribution is 2.25. The van der Waals surface area contributed by atoms with Crippen LogP contribution in [0.1, 0.15) is 12.0 Å². The van der Waals surface area contributed by atoms with Gasteiger partial charge in [-0.2, -0.15) is 0 Å². The van der Waals surface area contributed by atoms with Gasteiger partial charge in [-0.3, -0.25) is 10.1 Å².